The van der Waals surface area contributed by atoms with Crippen LogP contribution in [0.15, 0.2) is 15.3 Å². The molecule has 3 nitrogen and oxygen atoms in total. The van der Waals surface area contributed by atoms with Gasteiger partial charge in [-0.2, -0.15) is 0 Å². The van der Waals surface area contributed by atoms with Crippen molar-refractivity contribution < 1.29 is 4.42 Å². The molecule has 1 aliphatic carbocycles. The zero-order chi connectivity index (χ0) is 6.97. The second-order valence-corrected chi connectivity index (χ2v) is 2.29. The summed E-state index contributed by atoms with van der Waals surface area (Å²) in [6.07, 6.45) is 5.70. The summed E-state index contributed by atoms with van der Waals surface area (Å²) >= 11 is 0. The van der Waals surface area contributed by atoms with Crippen LogP contribution in [0.5, 0.6) is 0 Å². The third kappa shape index (κ3) is 0.708. The van der Waals surface area contributed by atoms with E-state index in [1.165, 1.54) is 0 Å². The van der Waals surface area contributed by atoms with Crippen molar-refractivity contribution in [3.05, 3.63) is 28.1 Å². The standard InChI is InChI=1S/C7H7NO2/c9-7-8-5-3-1-2-4-6(5)10-7/h1,3H,2,4H2,(H,8,9). The van der Waals surface area contributed by atoms with Gasteiger partial charge >= 0.3 is 5.76 Å². The maximum Gasteiger partial charge on any atom is 0.416 e. The molecular weight excluding hydrogens is 130 g/mol. The lowest BCUT2D eigenvalue weighted by molar-refractivity contribution is 0.468. The molecule has 0 fully saturated rings. The van der Waals surface area contributed by atoms with E-state index in [2.05, 4.69) is 4.98 Å². The first-order chi connectivity index (χ1) is 4.86. The summed E-state index contributed by atoms with van der Waals surface area (Å²) in [4.78, 5) is 13.2. The third-order valence-corrected chi connectivity index (χ3v) is 1.58. The number of nitrogens with one attached hydrogen (secondary N) is 1. The smallest absolute Gasteiger partial charge is 0.412 e. The zero-order valence-electron chi connectivity index (χ0n) is 5.39. The van der Waals surface area contributed by atoms with Gasteiger partial charge in [-0.15, -0.1) is 0 Å². The molecule has 1 heterocycles. The number of aryl methyl sites for hydroxylation is 1. The van der Waals surface area contributed by atoms with Crippen molar-refractivity contribution in [3.8, 4) is 0 Å². The number of allylic oxidation sites excluding steroid dienone is 1. The summed E-state index contributed by atoms with van der Waals surface area (Å²) in [5.41, 5.74) is 0.830. The van der Waals surface area contributed by atoms with Crippen molar-refractivity contribution in [2.24, 2.45) is 0 Å². The van der Waals surface area contributed by atoms with Crippen molar-refractivity contribution in [1.29, 1.82) is 0 Å². The van der Waals surface area contributed by atoms with Crippen LogP contribution in [0.2, 0.25) is 0 Å². The van der Waals surface area contributed by atoms with E-state index in [0.717, 1.165) is 24.3 Å². The van der Waals surface area contributed by atoms with Gasteiger partial charge in [-0.3, -0.25) is 4.98 Å². The largest absolute Gasteiger partial charge is 0.416 e. The van der Waals surface area contributed by atoms with Gasteiger partial charge in [0.05, 0.1) is 5.69 Å². The Labute approximate surface area is 57.4 Å². The maximum atomic E-state index is 10.6. The average molecular weight is 137 g/mol. The molecule has 1 aromatic heterocycles. The second-order valence-electron chi connectivity index (χ2n) is 2.29. The van der Waals surface area contributed by atoms with Crippen molar-refractivity contribution in [1.82, 2.24) is 4.98 Å². The van der Waals surface area contributed by atoms with Gasteiger partial charge in [-0.25, -0.2) is 4.79 Å². The highest BCUT2D eigenvalue weighted by atomic mass is 16.4. The number of fused-ring (bicyclic) bond motifs is 1. The molecule has 0 amide bonds. The summed E-state index contributed by atoms with van der Waals surface area (Å²) in [7, 11) is 0. The summed E-state index contributed by atoms with van der Waals surface area (Å²) in [6, 6.07) is 0. The number of aromatic amines is 1. The molecule has 52 valence electrons. The Hall–Kier alpha value is -1.25. The Balaban J connectivity index is 2.63. The lowest BCUT2D eigenvalue weighted by Crippen LogP contribution is -1.94. The molecule has 1 aliphatic rings. The van der Waals surface area contributed by atoms with Gasteiger partial charge in [0.2, 0.25) is 0 Å². The van der Waals surface area contributed by atoms with E-state index in [1.807, 2.05) is 12.2 Å². The molecule has 0 aromatic carbocycles. The van der Waals surface area contributed by atoms with Gasteiger partial charge in [0.15, 0.2) is 0 Å². The first-order valence-corrected chi connectivity index (χ1v) is 3.25. The van der Waals surface area contributed by atoms with Gasteiger partial charge < -0.3 is 4.42 Å². The summed E-state index contributed by atoms with van der Waals surface area (Å²) in [6.45, 7) is 0. The van der Waals surface area contributed by atoms with Crippen LogP contribution in [0.1, 0.15) is 17.9 Å². The molecule has 3 heteroatoms. The second kappa shape index (κ2) is 1.87. The molecule has 0 aliphatic heterocycles. The highest BCUT2D eigenvalue weighted by Crippen LogP contribution is 2.14. The Morgan fingerprint density at radius 3 is 3.30 bits per heavy atom. The van der Waals surface area contributed by atoms with E-state index in [1.54, 1.807) is 0 Å². The predicted octanol–water partition coefficient (Wildman–Crippen LogP) is 0.927. The van der Waals surface area contributed by atoms with Crippen LogP contribution in [0.3, 0.4) is 0 Å². The maximum absolute atomic E-state index is 10.6. The van der Waals surface area contributed by atoms with E-state index in [0.29, 0.717) is 0 Å². The molecular formula is C7H7NO2. The highest BCUT2D eigenvalue weighted by molar-refractivity contribution is 5.48. The molecule has 0 atom stereocenters. The molecule has 1 aromatic rings. The summed E-state index contributed by atoms with van der Waals surface area (Å²) in [5, 5.41) is 0. The van der Waals surface area contributed by atoms with Crippen molar-refractivity contribution in [3.63, 3.8) is 0 Å². The quantitative estimate of drug-likeness (QED) is 0.578. The molecule has 10 heavy (non-hydrogen) atoms. The van der Waals surface area contributed by atoms with Crippen molar-refractivity contribution >= 4 is 6.08 Å². The SMILES string of the molecule is O=c1[nH]c2c(o1)CCC=C2. The molecule has 0 spiro atoms. The lowest BCUT2D eigenvalue weighted by Gasteiger charge is -1.98. The normalized spacial score (nSPS) is 15.2. The minimum atomic E-state index is -0.350. The van der Waals surface area contributed by atoms with E-state index in [-0.39, 0.29) is 5.76 Å². The molecule has 0 unspecified atom stereocenters. The minimum absolute atomic E-state index is 0.350. The van der Waals surface area contributed by atoms with Crippen LogP contribution in [0, 0.1) is 0 Å². The topological polar surface area (TPSA) is 46.0 Å². The number of H-pyrrole nitrogens is 1. The summed E-state index contributed by atoms with van der Waals surface area (Å²) in [5.74, 6) is 0.434. The van der Waals surface area contributed by atoms with E-state index >= 15 is 0 Å². The van der Waals surface area contributed by atoms with Gasteiger partial charge in [-0.1, -0.05) is 6.08 Å². The van der Waals surface area contributed by atoms with Gasteiger partial charge in [-0.05, 0) is 12.5 Å². The van der Waals surface area contributed by atoms with E-state index in [4.69, 9.17) is 4.42 Å². The van der Waals surface area contributed by atoms with E-state index < -0.39 is 0 Å². The fourth-order valence-electron chi connectivity index (χ4n) is 1.11. The molecule has 1 N–H and O–H groups in total. The van der Waals surface area contributed by atoms with Crippen LogP contribution in [-0.2, 0) is 6.42 Å². The first kappa shape index (κ1) is 5.53. The molecule has 2 rings (SSSR count). The van der Waals surface area contributed by atoms with Crippen molar-refractivity contribution in [2.45, 2.75) is 12.8 Å². The van der Waals surface area contributed by atoms with Gasteiger partial charge in [0.25, 0.3) is 0 Å². The van der Waals surface area contributed by atoms with Crippen LogP contribution in [0.4, 0.5) is 0 Å². The van der Waals surface area contributed by atoms with Gasteiger partial charge in [0, 0.05) is 6.42 Å². The predicted molar refractivity (Wildman–Crippen MR) is 36.7 cm³/mol. The number of hydrogen-bond acceptors (Lipinski definition) is 2. The number of rotatable bonds is 0. The number of aromatic nitrogens is 1. The van der Waals surface area contributed by atoms with Gasteiger partial charge in [0.1, 0.15) is 5.76 Å². The number of hydrogen-bond donors (Lipinski definition) is 1. The van der Waals surface area contributed by atoms with Crippen molar-refractivity contribution in [2.75, 3.05) is 0 Å². The molecule has 0 bridgehead atoms. The molecule has 0 saturated heterocycles. The minimum Gasteiger partial charge on any atom is -0.412 e. The van der Waals surface area contributed by atoms with Crippen LogP contribution in [-0.4, -0.2) is 4.98 Å². The van der Waals surface area contributed by atoms with Crippen LogP contribution >= 0.6 is 0 Å². The Kier molecular flexibility index (Phi) is 1.03. The fraction of sp³-hybridized carbons (Fsp3) is 0.286. The van der Waals surface area contributed by atoms with E-state index in [9.17, 15) is 4.79 Å². The Bertz CT molecular complexity index is 319. The Morgan fingerprint density at radius 2 is 2.50 bits per heavy atom. The van der Waals surface area contributed by atoms with Crippen LogP contribution in [0.25, 0.3) is 6.08 Å². The Morgan fingerprint density at radius 1 is 1.60 bits per heavy atom. The number of oxazole rings is 1. The average Bonchev–Trinajstić information content (AvgIpc) is 2.27. The fourth-order valence-corrected chi connectivity index (χ4v) is 1.11. The summed E-state index contributed by atoms with van der Waals surface area (Å²) < 4.78 is 4.84. The lowest BCUT2D eigenvalue weighted by atomic mass is 10.1. The monoisotopic (exact) mass is 137 g/mol. The highest BCUT2D eigenvalue weighted by Gasteiger charge is 2.08. The molecule has 0 saturated carbocycles. The first-order valence-electron chi connectivity index (χ1n) is 3.25. The van der Waals surface area contributed by atoms with Crippen LogP contribution < -0.4 is 5.76 Å². The third-order valence-electron chi connectivity index (χ3n) is 1.58. The zero-order valence-corrected chi connectivity index (χ0v) is 5.39. The molecule has 0 radical (unpaired) electrons.